The molecule has 4 nitrogen and oxygen atoms in total. The van der Waals surface area contributed by atoms with E-state index < -0.39 is 0 Å². The highest BCUT2D eigenvalue weighted by molar-refractivity contribution is 5.52. The maximum absolute atomic E-state index is 13.3. The summed E-state index contributed by atoms with van der Waals surface area (Å²) in [5.74, 6) is 0.968. The van der Waals surface area contributed by atoms with Gasteiger partial charge in [-0.3, -0.25) is 4.57 Å². The number of ether oxygens (including phenoxy) is 1. The van der Waals surface area contributed by atoms with Gasteiger partial charge in [0.25, 0.3) is 0 Å². The number of hydrogen-bond donors (Lipinski definition) is 1. The fourth-order valence-corrected chi connectivity index (χ4v) is 2.04. The summed E-state index contributed by atoms with van der Waals surface area (Å²) in [7, 11) is 1.54. The quantitative estimate of drug-likeness (QED) is 0.919. The average molecular weight is 261 g/mol. The van der Waals surface area contributed by atoms with Crippen LogP contribution in [0.25, 0.3) is 5.69 Å². The van der Waals surface area contributed by atoms with Crippen LogP contribution in [0, 0.1) is 12.7 Å². The van der Waals surface area contributed by atoms with Gasteiger partial charge in [0.05, 0.1) is 18.5 Å². The number of rotatable bonds is 4. The minimum atomic E-state index is -0.311. The van der Waals surface area contributed by atoms with E-state index in [1.165, 1.54) is 32.1 Å². The number of halogens is 1. The van der Waals surface area contributed by atoms with Gasteiger partial charge in [-0.1, -0.05) is 0 Å². The van der Waals surface area contributed by atoms with Crippen molar-refractivity contribution in [2.45, 2.75) is 25.8 Å². The normalized spacial score (nSPS) is 14.5. The van der Waals surface area contributed by atoms with Gasteiger partial charge in [-0.25, -0.2) is 9.37 Å². The predicted molar refractivity (Wildman–Crippen MR) is 71.5 cm³/mol. The largest absolute Gasteiger partial charge is 0.494 e. The van der Waals surface area contributed by atoms with Gasteiger partial charge in [0.15, 0.2) is 0 Å². The van der Waals surface area contributed by atoms with Crippen molar-refractivity contribution in [2.24, 2.45) is 0 Å². The number of benzene rings is 1. The van der Waals surface area contributed by atoms with Crippen LogP contribution < -0.4 is 10.1 Å². The van der Waals surface area contributed by atoms with E-state index in [1.54, 1.807) is 6.07 Å². The van der Waals surface area contributed by atoms with E-state index in [-0.39, 0.29) is 5.82 Å². The predicted octanol–water partition coefficient (Wildman–Crippen LogP) is 2.90. The maximum Gasteiger partial charge on any atom is 0.208 e. The summed E-state index contributed by atoms with van der Waals surface area (Å²) in [5.41, 5.74) is 1.70. The summed E-state index contributed by atoms with van der Waals surface area (Å²) in [6, 6.07) is 5.01. The fraction of sp³-hybridized carbons (Fsp3) is 0.357. The Balaban J connectivity index is 2.05. The molecule has 0 radical (unpaired) electrons. The van der Waals surface area contributed by atoms with Crippen LogP contribution in [0.4, 0.5) is 10.3 Å². The first-order valence-electron chi connectivity index (χ1n) is 6.34. The Morgan fingerprint density at radius 2 is 2.21 bits per heavy atom. The van der Waals surface area contributed by atoms with E-state index in [2.05, 4.69) is 10.3 Å². The zero-order chi connectivity index (χ0) is 13.4. The third-order valence-electron chi connectivity index (χ3n) is 3.14. The molecule has 1 fully saturated rings. The van der Waals surface area contributed by atoms with E-state index in [1.807, 2.05) is 17.7 Å². The van der Waals surface area contributed by atoms with Crippen molar-refractivity contribution in [1.29, 1.82) is 0 Å². The summed E-state index contributed by atoms with van der Waals surface area (Å²) in [6.45, 7) is 1.94. The lowest BCUT2D eigenvalue weighted by Gasteiger charge is -2.12. The van der Waals surface area contributed by atoms with Crippen LogP contribution in [0.2, 0.25) is 0 Å². The summed E-state index contributed by atoms with van der Waals surface area (Å²) in [5, 5.41) is 3.37. The molecule has 5 heteroatoms. The lowest BCUT2D eigenvalue weighted by molar-refractivity contribution is 0.409. The van der Waals surface area contributed by atoms with E-state index in [0.29, 0.717) is 11.8 Å². The number of nitrogens with zero attached hydrogens (tertiary/aromatic N) is 2. The molecule has 0 saturated heterocycles. The second-order valence-corrected chi connectivity index (χ2v) is 4.81. The molecule has 1 N–H and O–H groups in total. The van der Waals surface area contributed by atoms with Gasteiger partial charge >= 0.3 is 0 Å². The van der Waals surface area contributed by atoms with Crippen LogP contribution in [-0.2, 0) is 0 Å². The summed E-state index contributed by atoms with van der Waals surface area (Å²) >= 11 is 0. The van der Waals surface area contributed by atoms with Gasteiger partial charge < -0.3 is 10.1 Å². The number of methoxy groups -OCH3 is 1. The molecule has 1 saturated carbocycles. The van der Waals surface area contributed by atoms with E-state index in [0.717, 1.165) is 17.3 Å². The molecule has 2 aromatic rings. The standard InChI is InChI=1S/C14H16FN3O/c1-9-8-18(14(16-9)17-11-4-5-11)12-6-3-10(15)7-13(12)19-2/h3,6-8,11H,4-5H2,1-2H3,(H,16,17). The van der Waals surface area contributed by atoms with Gasteiger partial charge in [0.1, 0.15) is 11.6 Å². The van der Waals surface area contributed by atoms with Gasteiger partial charge in [0.2, 0.25) is 5.95 Å². The minimum absolute atomic E-state index is 0.311. The van der Waals surface area contributed by atoms with Gasteiger partial charge in [0, 0.05) is 18.3 Å². The molecule has 0 bridgehead atoms. The number of imidazole rings is 1. The van der Waals surface area contributed by atoms with Crippen molar-refractivity contribution >= 4 is 5.95 Å². The van der Waals surface area contributed by atoms with Crippen molar-refractivity contribution in [3.05, 3.63) is 35.9 Å². The highest BCUT2D eigenvalue weighted by atomic mass is 19.1. The Morgan fingerprint density at radius 3 is 2.89 bits per heavy atom. The molecule has 1 aromatic carbocycles. The van der Waals surface area contributed by atoms with Crippen LogP contribution >= 0.6 is 0 Å². The van der Waals surface area contributed by atoms with Crippen LogP contribution in [0.5, 0.6) is 5.75 Å². The smallest absolute Gasteiger partial charge is 0.208 e. The Hall–Kier alpha value is -2.04. The molecule has 1 aliphatic rings. The zero-order valence-corrected chi connectivity index (χ0v) is 11.0. The lowest BCUT2D eigenvalue weighted by atomic mass is 10.3. The molecule has 0 spiro atoms. The van der Waals surface area contributed by atoms with E-state index in [4.69, 9.17) is 4.74 Å². The zero-order valence-electron chi connectivity index (χ0n) is 11.0. The molecule has 1 aliphatic carbocycles. The number of nitrogens with one attached hydrogen (secondary N) is 1. The topological polar surface area (TPSA) is 39.1 Å². The molecule has 3 rings (SSSR count). The molecule has 100 valence electrons. The number of hydrogen-bond acceptors (Lipinski definition) is 3. The minimum Gasteiger partial charge on any atom is -0.494 e. The molecule has 1 heterocycles. The van der Waals surface area contributed by atoms with Gasteiger partial charge in [-0.15, -0.1) is 0 Å². The lowest BCUT2D eigenvalue weighted by Crippen LogP contribution is -2.08. The third kappa shape index (κ3) is 2.41. The average Bonchev–Trinajstić information content (AvgIpc) is 3.12. The molecule has 0 amide bonds. The van der Waals surface area contributed by atoms with Crippen LogP contribution in [-0.4, -0.2) is 22.7 Å². The molecule has 1 aromatic heterocycles. The highest BCUT2D eigenvalue weighted by Crippen LogP contribution is 2.30. The van der Waals surface area contributed by atoms with Crippen molar-refractivity contribution in [3.8, 4) is 11.4 Å². The fourth-order valence-electron chi connectivity index (χ4n) is 2.04. The van der Waals surface area contributed by atoms with E-state index >= 15 is 0 Å². The molecule has 0 unspecified atom stereocenters. The number of aryl methyl sites for hydroxylation is 1. The second-order valence-electron chi connectivity index (χ2n) is 4.81. The maximum atomic E-state index is 13.3. The Morgan fingerprint density at radius 1 is 1.42 bits per heavy atom. The van der Waals surface area contributed by atoms with Crippen molar-refractivity contribution in [2.75, 3.05) is 12.4 Å². The Kier molecular flexibility index (Phi) is 2.89. The summed E-state index contributed by atoms with van der Waals surface area (Å²) in [6.07, 6.45) is 4.26. The first-order chi connectivity index (χ1) is 9.17. The second kappa shape index (κ2) is 4.57. The summed E-state index contributed by atoms with van der Waals surface area (Å²) < 4.78 is 20.4. The summed E-state index contributed by atoms with van der Waals surface area (Å²) in [4.78, 5) is 4.47. The molecular weight excluding hydrogens is 245 g/mol. The first kappa shape index (κ1) is 12.0. The molecule has 19 heavy (non-hydrogen) atoms. The van der Waals surface area contributed by atoms with E-state index in [9.17, 15) is 4.39 Å². The molecule has 0 atom stereocenters. The highest BCUT2D eigenvalue weighted by Gasteiger charge is 2.23. The number of aromatic nitrogens is 2. The Bertz CT molecular complexity index is 605. The molecular formula is C14H16FN3O. The van der Waals surface area contributed by atoms with Crippen molar-refractivity contribution in [1.82, 2.24) is 9.55 Å². The van der Waals surface area contributed by atoms with Crippen LogP contribution in [0.1, 0.15) is 18.5 Å². The molecule has 0 aliphatic heterocycles. The SMILES string of the molecule is COc1cc(F)ccc1-n1cc(C)nc1NC1CC1. The number of anilines is 1. The monoisotopic (exact) mass is 261 g/mol. The first-order valence-corrected chi connectivity index (χ1v) is 6.34. The van der Waals surface area contributed by atoms with Crippen molar-refractivity contribution in [3.63, 3.8) is 0 Å². The van der Waals surface area contributed by atoms with Gasteiger partial charge in [-0.05, 0) is 31.9 Å². The van der Waals surface area contributed by atoms with Crippen LogP contribution in [0.15, 0.2) is 24.4 Å². The van der Waals surface area contributed by atoms with Gasteiger partial charge in [-0.2, -0.15) is 0 Å². The Labute approximate surface area is 111 Å². The van der Waals surface area contributed by atoms with Crippen LogP contribution in [0.3, 0.4) is 0 Å². The van der Waals surface area contributed by atoms with Crippen molar-refractivity contribution < 1.29 is 9.13 Å². The third-order valence-corrected chi connectivity index (χ3v) is 3.14.